The molecule has 0 spiro atoms. The Bertz CT molecular complexity index is 764. The van der Waals surface area contributed by atoms with Gasteiger partial charge in [-0.15, -0.1) is 0 Å². The van der Waals surface area contributed by atoms with Crippen LogP contribution < -0.4 is 4.74 Å². The molecule has 108 valence electrons. The lowest BCUT2D eigenvalue weighted by Gasteiger charge is -2.11. The summed E-state index contributed by atoms with van der Waals surface area (Å²) < 4.78 is 19.7. The first-order valence-corrected chi connectivity index (χ1v) is 7.07. The third-order valence-electron chi connectivity index (χ3n) is 3.21. The molecule has 2 heteroatoms. The Morgan fingerprint density at radius 1 is 0.727 bits per heavy atom. The highest BCUT2D eigenvalue weighted by molar-refractivity contribution is 5.78. The summed E-state index contributed by atoms with van der Waals surface area (Å²) in [5.74, 6) is 0.447. The summed E-state index contributed by atoms with van der Waals surface area (Å²) in [5, 5.41) is 0. The molecule has 0 aliphatic carbocycles. The minimum atomic E-state index is -0.377. The average molecular weight is 290 g/mol. The molecule has 0 aliphatic rings. The van der Waals surface area contributed by atoms with Crippen LogP contribution in [0.1, 0.15) is 11.1 Å². The van der Waals surface area contributed by atoms with E-state index in [4.69, 9.17) is 4.74 Å². The van der Waals surface area contributed by atoms with E-state index in [1.807, 2.05) is 66.7 Å². The maximum absolute atomic E-state index is 13.9. The molecular formula is C20H15FO. The minimum Gasteiger partial charge on any atom is -0.454 e. The van der Waals surface area contributed by atoms with E-state index >= 15 is 0 Å². The number of benzene rings is 3. The summed E-state index contributed by atoms with van der Waals surface area (Å²) in [6, 6.07) is 25.9. The Labute approximate surface area is 129 Å². The molecule has 0 radical (unpaired) electrons. The van der Waals surface area contributed by atoms with Gasteiger partial charge in [0.25, 0.3) is 0 Å². The highest BCUT2D eigenvalue weighted by Gasteiger charge is 2.08. The monoisotopic (exact) mass is 290 g/mol. The summed E-state index contributed by atoms with van der Waals surface area (Å²) in [4.78, 5) is 0. The standard InChI is InChI=1S/C20H15FO/c21-18-13-7-8-14-19(18)22-20(17-11-5-2-6-12-17)15-16-9-3-1-4-10-16/h1-15H/b20-15-. The first-order valence-electron chi connectivity index (χ1n) is 7.07. The van der Waals surface area contributed by atoms with Gasteiger partial charge in [-0.25, -0.2) is 4.39 Å². The van der Waals surface area contributed by atoms with Gasteiger partial charge < -0.3 is 4.74 Å². The van der Waals surface area contributed by atoms with E-state index < -0.39 is 0 Å². The van der Waals surface area contributed by atoms with E-state index in [0.717, 1.165) is 11.1 Å². The lowest BCUT2D eigenvalue weighted by atomic mass is 10.1. The third-order valence-corrected chi connectivity index (χ3v) is 3.21. The third kappa shape index (κ3) is 3.41. The molecule has 0 aromatic heterocycles. The molecule has 0 aliphatic heterocycles. The van der Waals surface area contributed by atoms with Crippen LogP contribution in [0.4, 0.5) is 4.39 Å². The summed E-state index contributed by atoms with van der Waals surface area (Å²) >= 11 is 0. The molecule has 22 heavy (non-hydrogen) atoms. The van der Waals surface area contributed by atoms with E-state index in [0.29, 0.717) is 5.76 Å². The van der Waals surface area contributed by atoms with Crippen LogP contribution in [0, 0.1) is 5.82 Å². The number of hydrogen-bond acceptors (Lipinski definition) is 1. The number of ether oxygens (including phenoxy) is 1. The first-order chi connectivity index (χ1) is 10.8. The predicted octanol–water partition coefficient (Wildman–Crippen LogP) is 5.40. The van der Waals surface area contributed by atoms with Crippen LogP contribution in [0.25, 0.3) is 11.8 Å². The summed E-state index contributed by atoms with van der Waals surface area (Å²) in [5.41, 5.74) is 1.90. The molecule has 3 rings (SSSR count). The summed E-state index contributed by atoms with van der Waals surface area (Å²) in [6.45, 7) is 0. The van der Waals surface area contributed by atoms with Gasteiger partial charge in [0.15, 0.2) is 11.6 Å². The van der Waals surface area contributed by atoms with Gasteiger partial charge in [0.2, 0.25) is 0 Å². The van der Waals surface area contributed by atoms with Gasteiger partial charge in [0.05, 0.1) is 0 Å². The van der Waals surface area contributed by atoms with E-state index in [9.17, 15) is 4.39 Å². The Balaban J connectivity index is 2.01. The molecule has 0 unspecified atom stereocenters. The van der Waals surface area contributed by atoms with Crippen molar-refractivity contribution >= 4 is 11.8 Å². The maximum Gasteiger partial charge on any atom is 0.165 e. The van der Waals surface area contributed by atoms with E-state index in [2.05, 4.69) is 0 Å². The average Bonchev–Trinajstić information content (AvgIpc) is 2.58. The van der Waals surface area contributed by atoms with Crippen molar-refractivity contribution in [1.29, 1.82) is 0 Å². The predicted molar refractivity (Wildman–Crippen MR) is 87.8 cm³/mol. The zero-order valence-corrected chi connectivity index (χ0v) is 11.9. The summed E-state index contributed by atoms with van der Waals surface area (Å²) in [6.07, 6.45) is 1.90. The molecule has 3 aromatic rings. The molecule has 0 N–H and O–H groups in total. The highest BCUT2D eigenvalue weighted by atomic mass is 19.1. The Morgan fingerprint density at radius 3 is 2.00 bits per heavy atom. The molecule has 0 amide bonds. The zero-order chi connectivity index (χ0) is 15.2. The van der Waals surface area contributed by atoms with Crippen molar-refractivity contribution in [3.63, 3.8) is 0 Å². The number of rotatable bonds is 4. The van der Waals surface area contributed by atoms with Crippen LogP contribution in [0.5, 0.6) is 5.75 Å². The highest BCUT2D eigenvalue weighted by Crippen LogP contribution is 2.25. The minimum absolute atomic E-state index is 0.216. The molecule has 1 nitrogen and oxygen atoms in total. The van der Waals surface area contributed by atoms with E-state index in [1.165, 1.54) is 6.07 Å². The van der Waals surface area contributed by atoms with Crippen molar-refractivity contribution < 1.29 is 9.13 Å². The van der Waals surface area contributed by atoms with Crippen LogP contribution in [-0.4, -0.2) is 0 Å². The van der Waals surface area contributed by atoms with Crippen LogP contribution in [-0.2, 0) is 0 Å². The van der Waals surface area contributed by atoms with Gasteiger partial charge in [-0.1, -0.05) is 72.8 Å². The zero-order valence-electron chi connectivity index (χ0n) is 11.9. The molecular weight excluding hydrogens is 275 g/mol. The van der Waals surface area contributed by atoms with Crippen molar-refractivity contribution in [2.75, 3.05) is 0 Å². The van der Waals surface area contributed by atoms with Crippen molar-refractivity contribution in [1.82, 2.24) is 0 Å². The topological polar surface area (TPSA) is 9.23 Å². The summed E-state index contributed by atoms with van der Waals surface area (Å²) in [7, 11) is 0. The first kappa shape index (κ1) is 14.1. The lowest BCUT2D eigenvalue weighted by molar-refractivity contribution is 0.468. The smallest absolute Gasteiger partial charge is 0.165 e. The molecule has 0 atom stereocenters. The SMILES string of the molecule is Fc1ccccc1O/C(=C\c1ccccc1)c1ccccc1. The van der Waals surface area contributed by atoms with Gasteiger partial charge in [0.1, 0.15) is 5.76 Å². The van der Waals surface area contributed by atoms with Gasteiger partial charge in [-0.05, 0) is 23.8 Å². The molecule has 0 bridgehead atoms. The largest absolute Gasteiger partial charge is 0.454 e. The van der Waals surface area contributed by atoms with Gasteiger partial charge in [0, 0.05) is 5.56 Å². The molecule has 0 fully saturated rings. The second-order valence-corrected chi connectivity index (χ2v) is 4.82. The quantitative estimate of drug-likeness (QED) is 0.461. The fourth-order valence-electron chi connectivity index (χ4n) is 2.12. The fourth-order valence-corrected chi connectivity index (χ4v) is 2.12. The van der Waals surface area contributed by atoms with Crippen molar-refractivity contribution in [3.05, 3.63) is 102 Å². The number of para-hydroxylation sites is 1. The fraction of sp³-hybridized carbons (Fsp3) is 0. The van der Waals surface area contributed by atoms with E-state index in [1.54, 1.807) is 18.2 Å². The van der Waals surface area contributed by atoms with E-state index in [-0.39, 0.29) is 11.6 Å². The Kier molecular flexibility index (Phi) is 4.30. The van der Waals surface area contributed by atoms with Gasteiger partial charge in [-0.2, -0.15) is 0 Å². The van der Waals surface area contributed by atoms with Crippen molar-refractivity contribution in [2.45, 2.75) is 0 Å². The van der Waals surface area contributed by atoms with Crippen LogP contribution in [0.2, 0.25) is 0 Å². The normalized spacial score (nSPS) is 11.2. The van der Waals surface area contributed by atoms with Crippen molar-refractivity contribution in [2.24, 2.45) is 0 Å². The van der Waals surface area contributed by atoms with Crippen molar-refractivity contribution in [3.8, 4) is 5.75 Å². The van der Waals surface area contributed by atoms with Crippen LogP contribution in [0.15, 0.2) is 84.9 Å². The molecule has 3 aromatic carbocycles. The maximum atomic E-state index is 13.9. The number of halogens is 1. The van der Waals surface area contributed by atoms with Gasteiger partial charge in [-0.3, -0.25) is 0 Å². The van der Waals surface area contributed by atoms with Gasteiger partial charge >= 0.3 is 0 Å². The van der Waals surface area contributed by atoms with Crippen LogP contribution in [0.3, 0.4) is 0 Å². The number of hydrogen-bond donors (Lipinski definition) is 0. The second-order valence-electron chi connectivity index (χ2n) is 4.82. The molecule has 0 saturated carbocycles. The Hall–Kier alpha value is -2.87. The van der Waals surface area contributed by atoms with Crippen LogP contribution >= 0.6 is 0 Å². The second kappa shape index (κ2) is 6.72. The molecule has 0 saturated heterocycles. The lowest BCUT2D eigenvalue weighted by Crippen LogP contribution is -1.97. The molecule has 0 heterocycles. The Morgan fingerprint density at radius 2 is 1.32 bits per heavy atom.